The van der Waals surface area contributed by atoms with E-state index in [1.54, 1.807) is 36.4 Å². The number of esters is 1. The molecule has 1 fully saturated rings. The molecule has 0 aromatic heterocycles. The van der Waals surface area contributed by atoms with Gasteiger partial charge in [-0.3, -0.25) is 4.79 Å². The summed E-state index contributed by atoms with van der Waals surface area (Å²) in [5.74, 6) is -0.693. The molecule has 7 heteroatoms. The van der Waals surface area contributed by atoms with E-state index in [2.05, 4.69) is 17.3 Å². The smallest absolute Gasteiger partial charge is 0.337 e. The highest BCUT2D eigenvalue weighted by Crippen LogP contribution is 2.28. The Kier molecular flexibility index (Phi) is 5.98. The monoisotopic (exact) mass is 388 g/mol. The zero-order valence-electron chi connectivity index (χ0n) is 15.4. The predicted molar refractivity (Wildman–Crippen MR) is 106 cm³/mol. The Labute approximate surface area is 163 Å². The zero-order valence-corrected chi connectivity index (χ0v) is 16.2. The number of quaternary nitrogens is 1. The lowest BCUT2D eigenvalue weighted by Crippen LogP contribution is -3.12. The third-order valence-electron chi connectivity index (χ3n) is 4.73. The van der Waals surface area contributed by atoms with E-state index in [1.165, 1.54) is 12.0 Å². The molecule has 1 amide bonds. The van der Waals surface area contributed by atoms with Gasteiger partial charge in [-0.1, -0.05) is 11.6 Å². The molecule has 6 nitrogen and oxygen atoms in total. The first-order valence-corrected chi connectivity index (χ1v) is 9.21. The highest BCUT2D eigenvalue weighted by atomic mass is 35.5. The molecule has 1 heterocycles. The number of piperazine rings is 1. The van der Waals surface area contributed by atoms with Crippen molar-refractivity contribution in [3.8, 4) is 0 Å². The van der Waals surface area contributed by atoms with Crippen molar-refractivity contribution in [3.63, 3.8) is 0 Å². The molecule has 142 valence electrons. The van der Waals surface area contributed by atoms with Gasteiger partial charge in [-0.05, 0) is 42.5 Å². The molecule has 0 unspecified atom stereocenters. The fourth-order valence-electron chi connectivity index (χ4n) is 3.08. The van der Waals surface area contributed by atoms with Gasteiger partial charge in [0.05, 0.1) is 57.3 Å². The Morgan fingerprint density at radius 3 is 2.33 bits per heavy atom. The summed E-state index contributed by atoms with van der Waals surface area (Å²) in [5, 5.41) is 3.51. The third-order valence-corrected chi connectivity index (χ3v) is 4.98. The van der Waals surface area contributed by atoms with Crippen LogP contribution in [0.15, 0.2) is 42.5 Å². The number of nitrogens with one attached hydrogen (secondary N) is 2. The van der Waals surface area contributed by atoms with Crippen LogP contribution >= 0.6 is 11.6 Å². The summed E-state index contributed by atoms with van der Waals surface area (Å²) < 4.78 is 4.81. The van der Waals surface area contributed by atoms with Gasteiger partial charge in [-0.15, -0.1) is 0 Å². The van der Waals surface area contributed by atoms with E-state index in [4.69, 9.17) is 16.3 Å². The van der Waals surface area contributed by atoms with Crippen molar-refractivity contribution in [3.05, 3.63) is 58.6 Å². The van der Waals surface area contributed by atoms with Gasteiger partial charge >= 0.3 is 5.97 Å². The summed E-state index contributed by atoms with van der Waals surface area (Å²) in [6, 6.07) is 11.9. The van der Waals surface area contributed by atoms with Crippen molar-refractivity contribution in [1.82, 2.24) is 0 Å². The van der Waals surface area contributed by atoms with Gasteiger partial charge in [0.2, 0.25) is 0 Å². The average molecular weight is 389 g/mol. The Morgan fingerprint density at radius 1 is 1.07 bits per heavy atom. The molecule has 1 aliphatic heterocycles. The van der Waals surface area contributed by atoms with Crippen molar-refractivity contribution in [2.45, 2.75) is 0 Å². The molecule has 0 radical (unpaired) electrons. The number of amides is 1. The number of hydrogen-bond acceptors (Lipinski definition) is 4. The van der Waals surface area contributed by atoms with Crippen molar-refractivity contribution in [2.75, 3.05) is 50.6 Å². The molecular formula is C20H23ClN3O3+. The van der Waals surface area contributed by atoms with Crippen LogP contribution in [0.2, 0.25) is 5.02 Å². The molecular weight excluding hydrogens is 366 g/mol. The van der Waals surface area contributed by atoms with Crippen LogP contribution in [0, 0.1) is 0 Å². The van der Waals surface area contributed by atoms with Crippen LogP contribution < -0.4 is 15.1 Å². The number of carbonyl (C=O) groups is 2. The molecule has 0 bridgehead atoms. The van der Waals surface area contributed by atoms with Gasteiger partial charge < -0.3 is 19.9 Å². The molecule has 0 saturated carbocycles. The van der Waals surface area contributed by atoms with Crippen LogP contribution in [0.1, 0.15) is 20.7 Å². The normalized spacial score (nSPS) is 14.7. The molecule has 3 rings (SSSR count). The highest BCUT2D eigenvalue weighted by Gasteiger charge is 2.21. The topological polar surface area (TPSA) is 63.1 Å². The number of rotatable bonds is 4. The number of nitrogens with zero attached hydrogens (tertiary/aromatic N) is 1. The maximum Gasteiger partial charge on any atom is 0.337 e. The fourth-order valence-corrected chi connectivity index (χ4v) is 3.21. The fraction of sp³-hybridized carbons (Fsp3) is 0.300. The quantitative estimate of drug-likeness (QED) is 0.783. The molecule has 1 saturated heterocycles. The van der Waals surface area contributed by atoms with E-state index in [0.29, 0.717) is 21.8 Å². The third kappa shape index (κ3) is 4.59. The summed E-state index contributed by atoms with van der Waals surface area (Å²) in [5.41, 5.74) is 2.39. The van der Waals surface area contributed by atoms with E-state index >= 15 is 0 Å². The van der Waals surface area contributed by atoms with Crippen LogP contribution in [0.25, 0.3) is 0 Å². The van der Waals surface area contributed by atoms with Crippen molar-refractivity contribution < 1.29 is 19.2 Å². The minimum atomic E-state index is -0.439. The van der Waals surface area contributed by atoms with Crippen molar-refractivity contribution in [1.29, 1.82) is 0 Å². The number of likely N-dealkylation sites (N-methyl/N-ethyl adjacent to an activating group) is 1. The number of benzene rings is 2. The lowest BCUT2D eigenvalue weighted by atomic mass is 10.1. The van der Waals surface area contributed by atoms with Gasteiger partial charge in [0.25, 0.3) is 5.91 Å². The molecule has 0 atom stereocenters. The Hall–Kier alpha value is -2.57. The predicted octanol–water partition coefficient (Wildman–Crippen LogP) is 1.71. The number of hydrogen-bond donors (Lipinski definition) is 2. The largest absolute Gasteiger partial charge is 0.465 e. The summed E-state index contributed by atoms with van der Waals surface area (Å²) in [4.78, 5) is 28.3. The van der Waals surface area contributed by atoms with Gasteiger partial charge in [0.15, 0.2) is 0 Å². The first kappa shape index (κ1) is 19.2. The summed E-state index contributed by atoms with van der Waals surface area (Å²) >= 11 is 5.89. The minimum absolute atomic E-state index is 0.255. The van der Waals surface area contributed by atoms with Crippen LogP contribution in [0.4, 0.5) is 11.4 Å². The molecule has 2 N–H and O–H groups in total. The molecule has 2 aromatic carbocycles. The second-order valence-electron chi connectivity index (χ2n) is 6.63. The van der Waals surface area contributed by atoms with E-state index in [0.717, 1.165) is 31.9 Å². The van der Waals surface area contributed by atoms with Gasteiger partial charge in [0, 0.05) is 10.6 Å². The van der Waals surface area contributed by atoms with Crippen molar-refractivity contribution >= 4 is 34.9 Å². The van der Waals surface area contributed by atoms with Gasteiger partial charge in [-0.2, -0.15) is 0 Å². The Bertz CT molecular complexity index is 831. The summed E-state index contributed by atoms with van der Waals surface area (Å²) in [7, 11) is 3.51. The number of anilines is 2. The Balaban J connectivity index is 1.90. The standard InChI is InChI=1S/C20H22ClN3O3/c1-23-9-11-24(12-10-23)18-8-5-15(20(26)27-2)13-17(18)22-19(25)14-3-6-16(21)7-4-14/h3-8,13H,9-12H2,1-2H3,(H,22,25)/p+1. The zero-order chi connectivity index (χ0) is 19.4. The second kappa shape index (κ2) is 8.41. The number of ether oxygens (including phenoxy) is 1. The number of carbonyl (C=O) groups excluding carboxylic acids is 2. The SMILES string of the molecule is COC(=O)c1ccc(N2CC[NH+](C)CC2)c(NC(=O)c2ccc(Cl)cc2)c1. The van der Waals surface area contributed by atoms with Crippen LogP contribution in [0.5, 0.6) is 0 Å². The minimum Gasteiger partial charge on any atom is -0.465 e. The molecule has 2 aromatic rings. The van der Waals surface area contributed by atoms with E-state index in [1.807, 2.05) is 6.07 Å². The molecule has 0 spiro atoms. The van der Waals surface area contributed by atoms with E-state index in [-0.39, 0.29) is 5.91 Å². The van der Waals surface area contributed by atoms with Gasteiger partial charge in [0.1, 0.15) is 0 Å². The summed E-state index contributed by atoms with van der Waals surface area (Å²) in [6.45, 7) is 3.80. The molecule has 27 heavy (non-hydrogen) atoms. The van der Waals surface area contributed by atoms with E-state index < -0.39 is 5.97 Å². The van der Waals surface area contributed by atoms with Crippen LogP contribution in [0.3, 0.4) is 0 Å². The van der Waals surface area contributed by atoms with Gasteiger partial charge in [-0.25, -0.2) is 4.79 Å². The number of halogens is 1. The lowest BCUT2D eigenvalue weighted by molar-refractivity contribution is -0.880. The molecule has 0 aliphatic carbocycles. The van der Waals surface area contributed by atoms with E-state index in [9.17, 15) is 9.59 Å². The molecule has 1 aliphatic rings. The lowest BCUT2D eigenvalue weighted by Gasteiger charge is -2.33. The first-order valence-electron chi connectivity index (χ1n) is 8.83. The van der Waals surface area contributed by atoms with Crippen LogP contribution in [-0.4, -0.2) is 52.2 Å². The maximum atomic E-state index is 12.7. The number of methoxy groups -OCH3 is 1. The highest BCUT2D eigenvalue weighted by molar-refractivity contribution is 6.30. The summed E-state index contributed by atoms with van der Waals surface area (Å²) in [6.07, 6.45) is 0. The first-order chi connectivity index (χ1) is 13.0. The average Bonchev–Trinajstić information content (AvgIpc) is 2.68. The van der Waals surface area contributed by atoms with Crippen molar-refractivity contribution in [2.24, 2.45) is 0 Å². The van der Waals surface area contributed by atoms with Crippen LogP contribution in [-0.2, 0) is 4.74 Å². The maximum absolute atomic E-state index is 12.7. The Morgan fingerprint density at radius 2 is 1.70 bits per heavy atom. The second-order valence-corrected chi connectivity index (χ2v) is 7.07.